The molecule has 0 aromatic rings. The lowest BCUT2D eigenvalue weighted by Gasteiger charge is -2.42. The Morgan fingerprint density at radius 2 is 1.88 bits per heavy atom. The normalized spacial score (nSPS) is 37.9. The van der Waals surface area contributed by atoms with Crippen molar-refractivity contribution in [2.75, 3.05) is 17.6 Å². The van der Waals surface area contributed by atoms with Crippen LogP contribution in [0.1, 0.15) is 46.0 Å². The second-order valence-corrected chi connectivity index (χ2v) is 6.70. The summed E-state index contributed by atoms with van der Waals surface area (Å²) in [4.78, 5) is 0. The van der Waals surface area contributed by atoms with Crippen LogP contribution in [-0.4, -0.2) is 29.3 Å². The molecule has 2 rings (SSSR count). The summed E-state index contributed by atoms with van der Waals surface area (Å²) >= 11 is 2.48. The molecule has 0 aromatic carbocycles. The minimum Gasteiger partial charge on any atom is -0.381 e. The molecule has 0 spiro atoms. The first-order valence-corrected chi connectivity index (χ1v) is 8.49. The van der Waals surface area contributed by atoms with Gasteiger partial charge in [0.2, 0.25) is 0 Å². The van der Waals surface area contributed by atoms with Crippen LogP contribution in [0.25, 0.3) is 0 Å². The Kier molecular flexibility index (Phi) is 5.13. The van der Waals surface area contributed by atoms with Crippen molar-refractivity contribution in [1.82, 2.24) is 0 Å². The Bertz CT molecular complexity index is 238. The predicted octanol–water partition coefficient (Wildman–Crippen LogP) is 3.81. The molecule has 0 amide bonds. The fourth-order valence-electron chi connectivity index (χ4n) is 2.99. The first kappa shape index (κ1) is 14.1. The van der Waals surface area contributed by atoms with E-state index in [4.69, 9.17) is 9.47 Å². The Morgan fingerprint density at radius 1 is 1.18 bits per heavy atom. The first-order chi connectivity index (χ1) is 8.15. The van der Waals surface area contributed by atoms with Gasteiger partial charge in [0.1, 0.15) is 0 Å². The van der Waals surface area contributed by atoms with Gasteiger partial charge in [-0.05, 0) is 31.1 Å². The molecule has 1 aliphatic heterocycles. The van der Waals surface area contributed by atoms with E-state index in [1.807, 2.05) is 0 Å². The maximum absolute atomic E-state index is 6.50. The summed E-state index contributed by atoms with van der Waals surface area (Å²) in [5.74, 6) is 1.69. The fourth-order valence-corrected chi connectivity index (χ4v) is 3.93. The molecule has 0 radical (unpaired) electrons. The average Bonchev–Trinajstić information content (AvgIpc) is 2.35. The van der Waals surface area contributed by atoms with Crippen LogP contribution in [0.2, 0.25) is 0 Å². The highest BCUT2D eigenvalue weighted by Crippen LogP contribution is 2.36. The SMILES string of the molecule is CC1CCC(OC2(CI)CCOCC2)CC1C. The van der Waals surface area contributed by atoms with Crippen molar-refractivity contribution in [3.63, 3.8) is 0 Å². The molecular weight excluding hydrogens is 327 g/mol. The van der Waals surface area contributed by atoms with Crippen molar-refractivity contribution in [3.05, 3.63) is 0 Å². The van der Waals surface area contributed by atoms with Gasteiger partial charge in [0, 0.05) is 30.5 Å². The van der Waals surface area contributed by atoms with Crippen molar-refractivity contribution < 1.29 is 9.47 Å². The van der Waals surface area contributed by atoms with Gasteiger partial charge in [0.15, 0.2) is 0 Å². The van der Waals surface area contributed by atoms with Gasteiger partial charge in [-0.15, -0.1) is 0 Å². The average molecular weight is 352 g/mol. The molecule has 0 N–H and O–H groups in total. The molecule has 0 aromatic heterocycles. The molecule has 17 heavy (non-hydrogen) atoms. The summed E-state index contributed by atoms with van der Waals surface area (Å²) in [5, 5.41) is 0. The van der Waals surface area contributed by atoms with Gasteiger partial charge in [-0.1, -0.05) is 36.4 Å². The largest absolute Gasteiger partial charge is 0.381 e. The maximum Gasteiger partial charge on any atom is 0.0819 e. The van der Waals surface area contributed by atoms with Gasteiger partial charge in [-0.25, -0.2) is 0 Å². The van der Waals surface area contributed by atoms with E-state index in [0.717, 1.165) is 42.3 Å². The van der Waals surface area contributed by atoms with Crippen LogP contribution in [0.3, 0.4) is 0 Å². The third-order valence-electron chi connectivity index (χ3n) is 4.61. The van der Waals surface area contributed by atoms with Crippen LogP contribution in [0.5, 0.6) is 0 Å². The van der Waals surface area contributed by atoms with Crippen molar-refractivity contribution in [2.24, 2.45) is 11.8 Å². The second kappa shape index (κ2) is 6.20. The van der Waals surface area contributed by atoms with Gasteiger partial charge in [0.25, 0.3) is 0 Å². The number of rotatable bonds is 3. The lowest BCUT2D eigenvalue weighted by atomic mass is 9.80. The summed E-state index contributed by atoms with van der Waals surface area (Å²) < 4.78 is 13.1. The van der Waals surface area contributed by atoms with E-state index < -0.39 is 0 Å². The van der Waals surface area contributed by atoms with Crippen LogP contribution >= 0.6 is 22.6 Å². The van der Waals surface area contributed by atoms with Gasteiger partial charge in [-0.2, -0.15) is 0 Å². The quantitative estimate of drug-likeness (QED) is 0.568. The molecular formula is C14H25IO2. The molecule has 0 bridgehead atoms. The summed E-state index contributed by atoms with van der Waals surface area (Å²) in [5.41, 5.74) is 0.115. The lowest BCUT2D eigenvalue weighted by molar-refractivity contribution is -0.142. The zero-order valence-corrected chi connectivity index (χ0v) is 13.2. The van der Waals surface area contributed by atoms with Gasteiger partial charge < -0.3 is 9.47 Å². The highest BCUT2D eigenvalue weighted by molar-refractivity contribution is 14.1. The smallest absolute Gasteiger partial charge is 0.0819 e. The number of hydrogen-bond donors (Lipinski definition) is 0. The predicted molar refractivity (Wildman–Crippen MR) is 78.7 cm³/mol. The van der Waals surface area contributed by atoms with Crippen molar-refractivity contribution in [1.29, 1.82) is 0 Å². The van der Waals surface area contributed by atoms with E-state index >= 15 is 0 Å². The van der Waals surface area contributed by atoms with Crippen LogP contribution in [0.4, 0.5) is 0 Å². The first-order valence-electron chi connectivity index (χ1n) is 6.97. The molecule has 2 aliphatic rings. The summed E-state index contributed by atoms with van der Waals surface area (Å²) in [7, 11) is 0. The van der Waals surface area contributed by atoms with Crippen molar-refractivity contribution in [2.45, 2.75) is 57.7 Å². The minimum absolute atomic E-state index is 0.115. The third kappa shape index (κ3) is 3.57. The Labute approximate surface area is 119 Å². The molecule has 2 fully saturated rings. The molecule has 1 saturated heterocycles. The van der Waals surface area contributed by atoms with Gasteiger partial charge in [-0.3, -0.25) is 0 Å². The van der Waals surface area contributed by atoms with Gasteiger partial charge >= 0.3 is 0 Å². The van der Waals surface area contributed by atoms with Crippen molar-refractivity contribution in [3.8, 4) is 0 Å². The third-order valence-corrected chi connectivity index (χ3v) is 6.00. The molecule has 100 valence electrons. The zero-order chi connectivity index (χ0) is 12.3. The number of hydrogen-bond acceptors (Lipinski definition) is 2. The highest BCUT2D eigenvalue weighted by Gasteiger charge is 2.37. The summed E-state index contributed by atoms with van der Waals surface area (Å²) in [6.07, 6.45) is 6.49. The highest BCUT2D eigenvalue weighted by atomic mass is 127. The number of ether oxygens (including phenoxy) is 2. The van der Waals surface area contributed by atoms with Crippen LogP contribution < -0.4 is 0 Å². The molecule has 1 aliphatic carbocycles. The van der Waals surface area contributed by atoms with E-state index in [-0.39, 0.29) is 5.60 Å². The number of alkyl halides is 1. The van der Waals surface area contributed by atoms with E-state index in [1.54, 1.807) is 0 Å². The molecule has 1 saturated carbocycles. The van der Waals surface area contributed by atoms with Crippen LogP contribution in [-0.2, 0) is 9.47 Å². The summed E-state index contributed by atoms with van der Waals surface area (Å²) in [6, 6.07) is 0. The maximum atomic E-state index is 6.50. The number of halogens is 1. The van der Waals surface area contributed by atoms with E-state index in [1.165, 1.54) is 19.3 Å². The van der Waals surface area contributed by atoms with Gasteiger partial charge in [0.05, 0.1) is 11.7 Å². The standard InChI is InChI=1S/C14H25IO2/c1-11-3-4-13(9-12(11)2)17-14(10-15)5-7-16-8-6-14/h11-13H,3-10H2,1-2H3. The molecule has 3 unspecified atom stereocenters. The Hall–Kier alpha value is 0.650. The lowest BCUT2D eigenvalue weighted by Crippen LogP contribution is -2.45. The molecule has 3 atom stereocenters. The molecule has 1 heterocycles. The summed E-state index contributed by atoms with van der Waals surface area (Å²) in [6.45, 7) is 6.51. The van der Waals surface area contributed by atoms with Crippen LogP contribution in [0, 0.1) is 11.8 Å². The van der Waals surface area contributed by atoms with Crippen LogP contribution in [0.15, 0.2) is 0 Å². The fraction of sp³-hybridized carbons (Fsp3) is 1.00. The zero-order valence-electron chi connectivity index (χ0n) is 11.1. The topological polar surface area (TPSA) is 18.5 Å². The molecule has 3 heteroatoms. The van der Waals surface area contributed by atoms with E-state index in [9.17, 15) is 0 Å². The molecule has 2 nitrogen and oxygen atoms in total. The van der Waals surface area contributed by atoms with E-state index in [2.05, 4.69) is 36.4 Å². The van der Waals surface area contributed by atoms with Crippen molar-refractivity contribution >= 4 is 22.6 Å². The van der Waals surface area contributed by atoms with E-state index in [0.29, 0.717) is 6.10 Å². The monoisotopic (exact) mass is 352 g/mol. The minimum atomic E-state index is 0.115. The second-order valence-electron chi connectivity index (χ2n) is 5.94. The Morgan fingerprint density at radius 3 is 2.47 bits per heavy atom. The Balaban J connectivity index is 1.90.